The Morgan fingerprint density at radius 2 is 1.81 bits per heavy atom. The van der Waals surface area contributed by atoms with E-state index in [1.165, 1.54) is 11.8 Å². The summed E-state index contributed by atoms with van der Waals surface area (Å²) in [5, 5.41) is 2.67. The number of benzene rings is 2. The minimum absolute atomic E-state index is 0.0228. The van der Waals surface area contributed by atoms with Crippen molar-refractivity contribution >= 4 is 28.8 Å². The summed E-state index contributed by atoms with van der Waals surface area (Å²) >= 11 is 1.45. The van der Waals surface area contributed by atoms with Crippen molar-refractivity contribution in [3.8, 4) is 5.75 Å². The summed E-state index contributed by atoms with van der Waals surface area (Å²) in [6.45, 7) is 4.21. The highest BCUT2D eigenvalue weighted by atomic mass is 32.2. The molecule has 0 N–H and O–H groups in total. The zero-order chi connectivity index (χ0) is 25.8. The van der Waals surface area contributed by atoms with E-state index in [9.17, 15) is 9.59 Å². The smallest absolute Gasteiger partial charge is 0.338 e. The van der Waals surface area contributed by atoms with Gasteiger partial charge in [-0.2, -0.15) is 0 Å². The number of esters is 1. The molecule has 0 radical (unpaired) electrons. The highest BCUT2D eigenvalue weighted by Gasteiger charge is 2.42. The van der Waals surface area contributed by atoms with Gasteiger partial charge in [0.25, 0.3) is 0 Å². The van der Waals surface area contributed by atoms with Crippen molar-refractivity contribution in [3.05, 3.63) is 88.1 Å². The Labute approximate surface area is 220 Å². The van der Waals surface area contributed by atoms with E-state index in [1.807, 2.05) is 76.7 Å². The molecule has 2 aromatic rings. The lowest BCUT2D eigenvalue weighted by Crippen LogP contribution is -2.42. The van der Waals surface area contributed by atoms with E-state index in [1.54, 1.807) is 7.11 Å². The number of allylic oxidation sites excluding steroid dienone is 1. The van der Waals surface area contributed by atoms with E-state index >= 15 is 0 Å². The zero-order valence-corrected chi connectivity index (χ0v) is 21.7. The Morgan fingerprint density at radius 1 is 1.08 bits per heavy atom. The minimum Gasteiger partial charge on any atom is -0.496 e. The number of nitrogens with zero attached hydrogens (tertiary/aromatic N) is 3. The molecule has 3 aliphatic rings. The van der Waals surface area contributed by atoms with Crippen LogP contribution in [0, 0.1) is 0 Å². The molecular weight excluding hydrogens is 490 g/mol. The fourth-order valence-corrected chi connectivity index (χ4v) is 5.66. The average molecular weight is 520 g/mol. The molecule has 0 unspecified atom stereocenters. The molecule has 1 saturated heterocycles. The number of aliphatic imine (C=N–C) groups is 1. The number of ether oxygens (including phenoxy) is 3. The van der Waals surface area contributed by atoms with Crippen LogP contribution in [0.25, 0.3) is 0 Å². The van der Waals surface area contributed by atoms with E-state index in [2.05, 4.69) is 0 Å². The van der Waals surface area contributed by atoms with Gasteiger partial charge in [0.05, 0.1) is 44.1 Å². The van der Waals surface area contributed by atoms with Crippen LogP contribution in [0.3, 0.4) is 0 Å². The molecule has 1 atom stereocenters. The van der Waals surface area contributed by atoms with Crippen molar-refractivity contribution in [2.45, 2.75) is 26.0 Å². The van der Waals surface area contributed by atoms with Gasteiger partial charge >= 0.3 is 5.97 Å². The summed E-state index contributed by atoms with van der Waals surface area (Å²) in [4.78, 5) is 35.3. The predicted molar refractivity (Wildman–Crippen MR) is 142 cm³/mol. The largest absolute Gasteiger partial charge is 0.496 e. The second kappa shape index (κ2) is 11.2. The first-order valence-electron chi connectivity index (χ1n) is 12.2. The standard InChI is InChI=1S/C28H29N3O5S/c1-19-25(27(33)36-17-20-8-4-3-5-9-20)26(22-10-6-7-11-23(22)34-2)31-21(18-37-28(31)29-19)16-24(32)30-12-14-35-15-13-30/h3-11,18,26H,12-17H2,1-2H3/t26-/m1/s1. The third kappa shape index (κ3) is 5.28. The van der Waals surface area contributed by atoms with Gasteiger partial charge in [0, 0.05) is 24.4 Å². The van der Waals surface area contributed by atoms with Gasteiger partial charge in [-0.1, -0.05) is 60.3 Å². The quantitative estimate of drug-likeness (QED) is 0.506. The molecule has 37 heavy (non-hydrogen) atoms. The maximum absolute atomic E-state index is 13.6. The molecule has 0 spiro atoms. The summed E-state index contributed by atoms with van der Waals surface area (Å²) in [7, 11) is 1.61. The normalized spacial score (nSPS) is 19.2. The Morgan fingerprint density at radius 3 is 2.57 bits per heavy atom. The Kier molecular flexibility index (Phi) is 7.62. The van der Waals surface area contributed by atoms with Gasteiger partial charge in [0.15, 0.2) is 5.17 Å². The molecule has 3 heterocycles. The highest BCUT2D eigenvalue weighted by Crippen LogP contribution is 2.47. The number of para-hydroxylation sites is 1. The van der Waals surface area contributed by atoms with Crippen molar-refractivity contribution < 1.29 is 23.8 Å². The van der Waals surface area contributed by atoms with E-state index in [0.29, 0.717) is 43.3 Å². The first-order valence-corrected chi connectivity index (χ1v) is 13.1. The van der Waals surface area contributed by atoms with Crippen LogP contribution >= 0.6 is 11.8 Å². The van der Waals surface area contributed by atoms with Gasteiger partial charge in [-0.25, -0.2) is 9.79 Å². The number of carbonyl (C=O) groups is 2. The second-order valence-corrected chi connectivity index (χ2v) is 9.70. The number of rotatable bonds is 7. The lowest BCUT2D eigenvalue weighted by molar-refractivity contribution is -0.141. The van der Waals surface area contributed by atoms with E-state index in [-0.39, 0.29) is 18.9 Å². The molecule has 2 aromatic carbocycles. The van der Waals surface area contributed by atoms with Crippen molar-refractivity contribution in [1.82, 2.24) is 9.80 Å². The Balaban J connectivity index is 1.48. The summed E-state index contributed by atoms with van der Waals surface area (Å²) in [5.41, 5.74) is 3.50. The summed E-state index contributed by atoms with van der Waals surface area (Å²) in [5.74, 6) is 0.219. The van der Waals surface area contributed by atoms with Crippen LogP contribution in [0.5, 0.6) is 5.75 Å². The van der Waals surface area contributed by atoms with Gasteiger partial charge < -0.3 is 24.0 Å². The topological polar surface area (TPSA) is 80.7 Å². The number of amides is 1. The van der Waals surface area contributed by atoms with E-state index < -0.39 is 12.0 Å². The number of morpholine rings is 1. The zero-order valence-electron chi connectivity index (χ0n) is 20.9. The number of fused-ring (bicyclic) bond motifs is 1. The van der Waals surface area contributed by atoms with Crippen molar-refractivity contribution in [2.24, 2.45) is 4.99 Å². The van der Waals surface area contributed by atoms with E-state index in [0.717, 1.165) is 22.0 Å². The molecular formula is C28H29N3O5S. The number of hydrogen-bond donors (Lipinski definition) is 0. The third-order valence-electron chi connectivity index (χ3n) is 6.56. The first kappa shape index (κ1) is 25.1. The number of hydrogen-bond acceptors (Lipinski definition) is 8. The average Bonchev–Trinajstić information content (AvgIpc) is 3.33. The predicted octanol–water partition coefficient (Wildman–Crippen LogP) is 4.26. The SMILES string of the molecule is COc1ccccc1[C@@H]1C(C(=O)OCc2ccccc2)=C(C)N=C2SC=C(CC(=O)N3CCOCC3)N21. The molecule has 9 heteroatoms. The van der Waals surface area contributed by atoms with Crippen LogP contribution in [-0.4, -0.2) is 60.3 Å². The number of methoxy groups -OCH3 is 1. The highest BCUT2D eigenvalue weighted by molar-refractivity contribution is 8.16. The number of thioether (sulfide) groups is 1. The first-order chi connectivity index (χ1) is 18.1. The minimum atomic E-state index is -0.550. The fraction of sp³-hybridized carbons (Fsp3) is 0.321. The molecule has 192 valence electrons. The lowest BCUT2D eigenvalue weighted by atomic mass is 9.93. The molecule has 0 bridgehead atoms. The molecule has 3 aliphatic heterocycles. The van der Waals surface area contributed by atoms with Crippen molar-refractivity contribution in [1.29, 1.82) is 0 Å². The molecule has 1 amide bonds. The molecule has 0 saturated carbocycles. The van der Waals surface area contributed by atoms with Crippen LogP contribution in [-0.2, 0) is 25.7 Å². The fourth-order valence-electron chi connectivity index (χ4n) is 4.70. The monoisotopic (exact) mass is 519 g/mol. The van der Waals surface area contributed by atoms with Gasteiger partial charge in [0.1, 0.15) is 12.4 Å². The number of amidine groups is 1. The molecule has 1 fully saturated rings. The molecule has 8 nitrogen and oxygen atoms in total. The van der Waals surface area contributed by atoms with Gasteiger partial charge in [0.2, 0.25) is 5.91 Å². The Hall–Kier alpha value is -3.56. The summed E-state index contributed by atoms with van der Waals surface area (Å²) in [6, 6.07) is 16.6. The third-order valence-corrected chi connectivity index (χ3v) is 7.45. The van der Waals surface area contributed by atoms with Gasteiger partial charge in [-0.05, 0) is 24.0 Å². The number of carbonyl (C=O) groups excluding carboxylic acids is 2. The lowest BCUT2D eigenvalue weighted by Gasteiger charge is -2.37. The molecule has 0 aromatic heterocycles. The second-order valence-electron chi connectivity index (χ2n) is 8.87. The molecule has 5 rings (SSSR count). The van der Waals surface area contributed by atoms with Crippen molar-refractivity contribution in [2.75, 3.05) is 33.4 Å². The van der Waals surface area contributed by atoms with E-state index in [4.69, 9.17) is 19.2 Å². The van der Waals surface area contributed by atoms with Crippen LogP contribution in [0.1, 0.15) is 30.5 Å². The van der Waals surface area contributed by atoms with Crippen LogP contribution in [0.15, 0.2) is 82.0 Å². The summed E-state index contributed by atoms with van der Waals surface area (Å²) < 4.78 is 16.9. The Bertz CT molecular complexity index is 1270. The van der Waals surface area contributed by atoms with Gasteiger partial charge in [-0.15, -0.1) is 0 Å². The summed E-state index contributed by atoms with van der Waals surface area (Å²) in [6.07, 6.45) is 0.197. The van der Waals surface area contributed by atoms with Crippen LogP contribution < -0.4 is 4.74 Å². The maximum atomic E-state index is 13.6. The maximum Gasteiger partial charge on any atom is 0.338 e. The molecule has 0 aliphatic carbocycles. The van der Waals surface area contributed by atoms with Gasteiger partial charge in [-0.3, -0.25) is 4.79 Å². The van der Waals surface area contributed by atoms with Crippen LogP contribution in [0.2, 0.25) is 0 Å². The van der Waals surface area contributed by atoms with Crippen LogP contribution in [0.4, 0.5) is 0 Å². The van der Waals surface area contributed by atoms with Crippen molar-refractivity contribution in [3.63, 3.8) is 0 Å².